The van der Waals surface area contributed by atoms with Crippen LogP contribution in [-0.2, 0) is 14.9 Å². The number of amides is 3. The number of fused-ring (bicyclic) bond motifs is 2. The summed E-state index contributed by atoms with van der Waals surface area (Å²) in [6.45, 7) is 4.26. The number of benzene rings is 1. The molecule has 3 fully saturated rings. The lowest BCUT2D eigenvalue weighted by Gasteiger charge is -2.31. The summed E-state index contributed by atoms with van der Waals surface area (Å²) >= 11 is 0. The highest BCUT2D eigenvalue weighted by atomic mass is 19.1. The van der Waals surface area contributed by atoms with Gasteiger partial charge in [0.25, 0.3) is 0 Å². The molecule has 1 unspecified atom stereocenters. The molecule has 1 atom stereocenters. The normalized spacial score (nSPS) is 22.4. The first kappa shape index (κ1) is 23.4. The molecule has 2 saturated carbocycles. The van der Waals surface area contributed by atoms with Crippen molar-refractivity contribution in [2.24, 2.45) is 5.92 Å². The van der Waals surface area contributed by atoms with E-state index in [0.717, 1.165) is 43.5 Å². The highest BCUT2D eigenvalue weighted by Crippen LogP contribution is 2.56. The molecule has 1 aromatic rings. The Morgan fingerprint density at radius 1 is 1.15 bits per heavy atom. The number of carbonyl (C=O) groups is 2. The van der Waals surface area contributed by atoms with Gasteiger partial charge >= 0.3 is 6.03 Å². The van der Waals surface area contributed by atoms with Gasteiger partial charge in [-0.15, -0.1) is 0 Å². The minimum atomic E-state index is -0.520. The zero-order chi connectivity index (χ0) is 23.5. The average molecular weight is 473 g/mol. The summed E-state index contributed by atoms with van der Waals surface area (Å²) in [5.41, 5.74) is 2.32. The molecule has 7 nitrogen and oxygen atoms in total. The summed E-state index contributed by atoms with van der Waals surface area (Å²) in [6.07, 6.45) is 8.81. The Morgan fingerprint density at radius 2 is 1.91 bits per heavy atom. The molecule has 0 radical (unpaired) electrons. The van der Waals surface area contributed by atoms with Gasteiger partial charge < -0.3 is 25.2 Å². The largest absolute Gasteiger partial charge is 0.378 e. The first-order chi connectivity index (χ1) is 16.5. The van der Waals surface area contributed by atoms with Crippen LogP contribution < -0.4 is 15.5 Å². The molecular weight excluding hydrogens is 435 g/mol. The third kappa shape index (κ3) is 5.16. The number of halogens is 1. The Hall–Kier alpha value is -2.35. The van der Waals surface area contributed by atoms with Crippen LogP contribution in [0.2, 0.25) is 0 Å². The van der Waals surface area contributed by atoms with Gasteiger partial charge in [0, 0.05) is 43.8 Å². The summed E-state index contributed by atoms with van der Waals surface area (Å²) < 4.78 is 19.2. The lowest BCUT2D eigenvalue weighted by Crippen LogP contribution is -2.54. The van der Waals surface area contributed by atoms with Crippen molar-refractivity contribution in [2.75, 3.05) is 50.8 Å². The lowest BCUT2D eigenvalue weighted by atomic mass is 9.84. The van der Waals surface area contributed by atoms with Gasteiger partial charge in [-0.05, 0) is 48.9 Å². The van der Waals surface area contributed by atoms with E-state index in [-0.39, 0.29) is 23.2 Å². The summed E-state index contributed by atoms with van der Waals surface area (Å²) in [6, 6.07) is 4.38. The molecule has 3 amide bonds. The first-order valence-electron chi connectivity index (χ1n) is 13.0. The number of hydrogen-bond acceptors (Lipinski definition) is 4. The molecule has 2 aliphatic carbocycles. The van der Waals surface area contributed by atoms with Crippen molar-refractivity contribution in [3.8, 4) is 0 Å². The molecule has 1 saturated heterocycles. The van der Waals surface area contributed by atoms with E-state index in [4.69, 9.17) is 4.74 Å². The van der Waals surface area contributed by atoms with Crippen LogP contribution in [0.15, 0.2) is 18.2 Å². The zero-order valence-corrected chi connectivity index (χ0v) is 20.0. The molecule has 1 spiro atoms. The van der Waals surface area contributed by atoms with Crippen molar-refractivity contribution in [2.45, 2.75) is 62.8 Å². The minimum absolute atomic E-state index is 0.105. The van der Waals surface area contributed by atoms with Crippen LogP contribution in [-0.4, -0.2) is 68.8 Å². The second-order valence-electron chi connectivity index (χ2n) is 10.5. The van der Waals surface area contributed by atoms with Gasteiger partial charge in [-0.3, -0.25) is 4.79 Å². The predicted octanol–water partition coefficient (Wildman–Crippen LogP) is 3.17. The quantitative estimate of drug-likeness (QED) is 0.639. The number of anilines is 1. The molecule has 2 N–H and O–H groups in total. The van der Waals surface area contributed by atoms with Gasteiger partial charge in [0.15, 0.2) is 0 Å². The Kier molecular flexibility index (Phi) is 6.95. The van der Waals surface area contributed by atoms with Gasteiger partial charge in [0.1, 0.15) is 11.9 Å². The first-order valence-corrected chi connectivity index (χ1v) is 13.0. The van der Waals surface area contributed by atoms with E-state index in [1.54, 1.807) is 11.0 Å². The van der Waals surface area contributed by atoms with Crippen LogP contribution in [0.5, 0.6) is 0 Å². The van der Waals surface area contributed by atoms with Crippen LogP contribution in [0.3, 0.4) is 0 Å². The number of morpholine rings is 1. The number of ether oxygens (including phenoxy) is 1. The Balaban J connectivity index is 1.18. The molecule has 2 heterocycles. The minimum Gasteiger partial charge on any atom is -0.378 e. The highest BCUT2D eigenvalue weighted by molar-refractivity contribution is 5.87. The summed E-state index contributed by atoms with van der Waals surface area (Å²) in [7, 11) is 0. The Morgan fingerprint density at radius 3 is 2.65 bits per heavy atom. The van der Waals surface area contributed by atoms with Crippen molar-refractivity contribution >= 4 is 17.6 Å². The molecule has 8 heteroatoms. The topological polar surface area (TPSA) is 73.9 Å². The number of hydrogen-bond donors (Lipinski definition) is 2. The Labute approximate surface area is 201 Å². The van der Waals surface area contributed by atoms with Crippen LogP contribution >= 0.6 is 0 Å². The highest BCUT2D eigenvalue weighted by Gasteiger charge is 2.51. The maximum atomic E-state index is 13.8. The fourth-order valence-corrected chi connectivity index (χ4v) is 5.95. The van der Waals surface area contributed by atoms with Crippen molar-refractivity contribution in [3.63, 3.8) is 0 Å². The van der Waals surface area contributed by atoms with Crippen molar-refractivity contribution in [3.05, 3.63) is 29.6 Å². The van der Waals surface area contributed by atoms with Gasteiger partial charge in [0.2, 0.25) is 5.91 Å². The molecule has 1 aromatic carbocycles. The number of nitrogens with one attached hydrogen (secondary N) is 2. The van der Waals surface area contributed by atoms with E-state index in [1.165, 1.54) is 25.3 Å². The second-order valence-corrected chi connectivity index (χ2v) is 10.5. The number of carbonyl (C=O) groups excluding carboxylic acids is 2. The van der Waals surface area contributed by atoms with E-state index in [2.05, 4.69) is 15.5 Å². The molecule has 2 aliphatic heterocycles. The second kappa shape index (κ2) is 10.1. The van der Waals surface area contributed by atoms with Crippen molar-refractivity contribution in [1.82, 2.24) is 15.5 Å². The lowest BCUT2D eigenvalue weighted by molar-refractivity contribution is -0.123. The molecular formula is C26H37FN4O3. The number of rotatable bonds is 7. The van der Waals surface area contributed by atoms with Gasteiger partial charge in [-0.1, -0.05) is 32.1 Å². The zero-order valence-electron chi connectivity index (χ0n) is 20.0. The molecule has 186 valence electrons. The van der Waals surface area contributed by atoms with E-state index in [9.17, 15) is 14.0 Å². The molecule has 0 aromatic heterocycles. The summed E-state index contributed by atoms with van der Waals surface area (Å²) in [5, 5.41) is 6.11. The number of urea groups is 1. The van der Waals surface area contributed by atoms with Crippen LogP contribution in [0.1, 0.15) is 56.9 Å². The average Bonchev–Trinajstić information content (AvgIpc) is 3.58. The molecule has 34 heavy (non-hydrogen) atoms. The van der Waals surface area contributed by atoms with Gasteiger partial charge in [-0.25, -0.2) is 9.18 Å². The van der Waals surface area contributed by atoms with Crippen LogP contribution in [0, 0.1) is 11.7 Å². The Bertz CT molecular complexity index is 894. The van der Waals surface area contributed by atoms with E-state index in [0.29, 0.717) is 51.7 Å². The van der Waals surface area contributed by atoms with Crippen LogP contribution in [0.4, 0.5) is 14.9 Å². The number of nitrogens with zero attached hydrogens (tertiary/aromatic N) is 2. The maximum absolute atomic E-state index is 13.8. The van der Waals surface area contributed by atoms with Crippen molar-refractivity contribution in [1.29, 1.82) is 0 Å². The maximum Gasteiger partial charge on any atom is 0.318 e. The SMILES string of the molecule is O=C(NCCN1CC2(CC2)c2cc(F)ccc21)C(CC1CCCCC1)NC(=O)N1CCOCC1. The summed E-state index contributed by atoms with van der Waals surface area (Å²) in [5.74, 6) is 0.193. The van der Waals surface area contributed by atoms with E-state index < -0.39 is 6.04 Å². The van der Waals surface area contributed by atoms with Crippen LogP contribution in [0.25, 0.3) is 0 Å². The standard InChI is InChI=1S/C26H37FN4O3/c27-20-6-7-23-21(17-20)26(8-9-26)18-31(23)11-10-28-24(32)22(16-19-4-2-1-3-5-19)29-25(33)30-12-14-34-15-13-30/h6-7,17,19,22H,1-5,8-16,18H2,(H,28,32)(H,29,33). The third-order valence-corrected chi connectivity index (χ3v) is 8.10. The van der Waals surface area contributed by atoms with E-state index >= 15 is 0 Å². The van der Waals surface area contributed by atoms with Gasteiger partial charge in [-0.2, -0.15) is 0 Å². The molecule has 0 bridgehead atoms. The fourth-order valence-electron chi connectivity index (χ4n) is 5.95. The fraction of sp³-hybridized carbons (Fsp3) is 0.692. The van der Waals surface area contributed by atoms with Crippen molar-refractivity contribution < 1.29 is 18.7 Å². The monoisotopic (exact) mass is 472 g/mol. The van der Waals surface area contributed by atoms with E-state index in [1.807, 2.05) is 6.07 Å². The smallest absolute Gasteiger partial charge is 0.318 e. The third-order valence-electron chi connectivity index (χ3n) is 8.10. The summed E-state index contributed by atoms with van der Waals surface area (Å²) in [4.78, 5) is 30.0. The molecule has 5 rings (SSSR count). The predicted molar refractivity (Wildman–Crippen MR) is 128 cm³/mol. The van der Waals surface area contributed by atoms with Gasteiger partial charge in [0.05, 0.1) is 13.2 Å². The molecule has 4 aliphatic rings.